The fourth-order valence-electron chi connectivity index (χ4n) is 1.40. The van der Waals surface area contributed by atoms with E-state index in [9.17, 15) is 4.39 Å². The fraction of sp³-hybridized carbons (Fsp3) is 0.167. The van der Waals surface area contributed by atoms with Gasteiger partial charge in [-0.3, -0.25) is 0 Å². The van der Waals surface area contributed by atoms with Crippen molar-refractivity contribution in [2.24, 2.45) is 0 Å². The molecular weight excluding hydrogens is 299 g/mol. The van der Waals surface area contributed by atoms with Crippen molar-refractivity contribution in [1.82, 2.24) is 9.97 Å². The van der Waals surface area contributed by atoms with Gasteiger partial charge in [-0.2, -0.15) is 4.98 Å². The van der Waals surface area contributed by atoms with E-state index in [0.29, 0.717) is 17.5 Å². The molecule has 0 aliphatic rings. The monoisotopic (exact) mass is 310 g/mol. The van der Waals surface area contributed by atoms with Crippen LogP contribution in [0.1, 0.15) is 6.92 Å². The molecule has 2 N–H and O–H groups in total. The summed E-state index contributed by atoms with van der Waals surface area (Å²) in [7, 11) is 0. The highest BCUT2D eigenvalue weighted by Crippen LogP contribution is 2.25. The summed E-state index contributed by atoms with van der Waals surface area (Å²) in [5.74, 6) is 0.837. The Bertz CT molecular complexity index is 547. The van der Waals surface area contributed by atoms with Crippen LogP contribution in [0.4, 0.5) is 21.8 Å². The Kier molecular flexibility index (Phi) is 4.09. The quantitative estimate of drug-likeness (QED) is 0.906. The van der Waals surface area contributed by atoms with Crippen molar-refractivity contribution in [1.29, 1.82) is 0 Å². The van der Waals surface area contributed by atoms with Crippen molar-refractivity contribution in [2.45, 2.75) is 6.92 Å². The minimum atomic E-state index is -0.304. The van der Waals surface area contributed by atoms with Gasteiger partial charge < -0.3 is 10.6 Å². The summed E-state index contributed by atoms with van der Waals surface area (Å²) in [5, 5.41) is 6.05. The predicted octanol–water partition coefficient (Wildman–Crippen LogP) is 3.55. The van der Waals surface area contributed by atoms with Crippen molar-refractivity contribution >= 4 is 33.4 Å². The first-order valence-corrected chi connectivity index (χ1v) is 6.27. The van der Waals surface area contributed by atoms with Gasteiger partial charge in [-0.05, 0) is 47.1 Å². The van der Waals surface area contributed by atoms with E-state index in [0.717, 1.165) is 11.0 Å². The molecule has 18 heavy (non-hydrogen) atoms. The summed E-state index contributed by atoms with van der Waals surface area (Å²) in [6.45, 7) is 2.71. The van der Waals surface area contributed by atoms with E-state index in [-0.39, 0.29) is 5.82 Å². The number of nitrogens with one attached hydrogen (secondary N) is 2. The third-order valence-corrected chi connectivity index (χ3v) is 2.87. The molecule has 2 rings (SSSR count). The number of hydrogen-bond acceptors (Lipinski definition) is 4. The molecule has 1 aromatic heterocycles. The smallest absolute Gasteiger partial charge is 0.224 e. The molecule has 1 aromatic carbocycles. The second-order valence-electron chi connectivity index (χ2n) is 3.54. The van der Waals surface area contributed by atoms with Gasteiger partial charge in [0, 0.05) is 17.2 Å². The van der Waals surface area contributed by atoms with E-state index in [4.69, 9.17) is 0 Å². The molecule has 1 heterocycles. The van der Waals surface area contributed by atoms with Crippen molar-refractivity contribution in [3.05, 3.63) is 40.8 Å². The van der Waals surface area contributed by atoms with Gasteiger partial charge in [-0.25, -0.2) is 9.37 Å². The summed E-state index contributed by atoms with van der Waals surface area (Å²) < 4.78 is 13.9. The molecule has 0 aliphatic heterocycles. The molecule has 94 valence electrons. The first-order valence-electron chi connectivity index (χ1n) is 5.48. The third kappa shape index (κ3) is 3.16. The van der Waals surface area contributed by atoms with Crippen LogP contribution in [0.5, 0.6) is 0 Å². The minimum absolute atomic E-state index is 0.304. The van der Waals surface area contributed by atoms with Crippen LogP contribution in [0.15, 0.2) is 34.9 Å². The van der Waals surface area contributed by atoms with E-state index in [1.165, 1.54) is 12.1 Å². The SMILES string of the molecule is CCNc1nccc(Nc2cc(F)ccc2Br)n1. The Morgan fingerprint density at radius 1 is 1.33 bits per heavy atom. The first-order chi connectivity index (χ1) is 8.69. The highest BCUT2D eigenvalue weighted by atomic mass is 79.9. The maximum atomic E-state index is 13.1. The van der Waals surface area contributed by atoms with Gasteiger partial charge >= 0.3 is 0 Å². The van der Waals surface area contributed by atoms with Crippen molar-refractivity contribution in [3.8, 4) is 0 Å². The molecule has 0 unspecified atom stereocenters. The average Bonchev–Trinajstić information content (AvgIpc) is 2.35. The normalized spacial score (nSPS) is 10.2. The molecule has 6 heteroatoms. The largest absolute Gasteiger partial charge is 0.354 e. The zero-order chi connectivity index (χ0) is 13.0. The van der Waals surface area contributed by atoms with Crippen molar-refractivity contribution in [2.75, 3.05) is 17.2 Å². The summed E-state index contributed by atoms with van der Waals surface area (Å²) >= 11 is 3.35. The second-order valence-corrected chi connectivity index (χ2v) is 4.40. The topological polar surface area (TPSA) is 49.8 Å². The van der Waals surface area contributed by atoms with Gasteiger partial charge in [0.05, 0.1) is 5.69 Å². The molecule has 0 amide bonds. The van der Waals surface area contributed by atoms with Gasteiger partial charge in [0.25, 0.3) is 0 Å². The van der Waals surface area contributed by atoms with Crippen molar-refractivity contribution < 1.29 is 4.39 Å². The van der Waals surface area contributed by atoms with Gasteiger partial charge in [0.2, 0.25) is 5.95 Å². The summed E-state index contributed by atoms with van der Waals surface area (Å²) in [5.41, 5.74) is 0.621. The van der Waals surface area contributed by atoms with E-state index in [2.05, 4.69) is 36.5 Å². The Hall–Kier alpha value is -1.69. The van der Waals surface area contributed by atoms with Crippen LogP contribution in [-0.2, 0) is 0 Å². The molecule has 0 saturated carbocycles. The molecule has 0 atom stereocenters. The lowest BCUT2D eigenvalue weighted by atomic mass is 10.3. The third-order valence-electron chi connectivity index (χ3n) is 2.18. The lowest BCUT2D eigenvalue weighted by Gasteiger charge is -2.09. The maximum absolute atomic E-state index is 13.1. The van der Waals surface area contributed by atoms with Crippen LogP contribution >= 0.6 is 15.9 Å². The maximum Gasteiger partial charge on any atom is 0.224 e. The first kappa shape index (κ1) is 12.8. The van der Waals surface area contributed by atoms with E-state index in [1.807, 2.05) is 6.92 Å². The van der Waals surface area contributed by atoms with Crippen LogP contribution in [-0.4, -0.2) is 16.5 Å². The van der Waals surface area contributed by atoms with Crippen LogP contribution < -0.4 is 10.6 Å². The molecule has 0 saturated heterocycles. The molecular formula is C12H12BrFN4. The number of hydrogen-bond donors (Lipinski definition) is 2. The van der Waals surface area contributed by atoms with Gasteiger partial charge in [-0.15, -0.1) is 0 Å². The summed E-state index contributed by atoms with van der Waals surface area (Å²) in [6.07, 6.45) is 1.64. The lowest BCUT2D eigenvalue weighted by molar-refractivity contribution is 0.628. The van der Waals surface area contributed by atoms with Gasteiger partial charge in [0.15, 0.2) is 0 Å². The summed E-state index contributed by atoms with van der Waals surface area (Å²) in [4.78, 5) is 8.31. The molecule has 0 spiro atoms. The molecule has 0 aliphatic carbocycles. The van der Waals surface area contributed by atoms with Gasteiger partial charge in [-0.1, -0.05) is 0 Å². The minimum Gasteiger partial charge on any atom is -0.354 e. The zero-order valence-electron chi connectivity index (χ0n) is 9.74. The fourth-order valence-corrected chi connectivity index (χ4v) is 1.75. The number of aromatic nitrogens is 2. The van der Waals surface area contributed by atoms with Gasteiger partial charge in [0.1, 0.15) is 11.6 Å². The Balaban J connectivity index is 2.22. The number of benzene rings is 1. The highest BCUT2D eigenvalue weighted by Gasteiger charge is 2.04. The Morgan fingerprint density at radius 2 is 2.17 bits per heavy atom. The summed E-state index contributed by atoms with van der Waals surface area (Å²) in [6, 6.07) is 6.15. The van der Waals surface area contributed by atoms with Crippen LogP contribution in [0.3, 0.4) is 0 Å². The zero-order valence-corrected chi connectivity index (χ0v) is 11.3. The molecule has 2 aromatic rings. The standard InChI is InChI=1S/C12H12BrFN4/c1-2-15-12-16-6-5-11(18-12)17-10-7-8(14)3-4-9(10)13/h3-7H,2H2,1H3,(H2,15,16,17,18). The Morgan fingerprint density at radius 3 is 2.94 bits per heavy atom. The van der Waals surface area contributed by atoms with Crippen molar-refractivity contribution in [3.63, 3.8) is 0 Å². The number of anilines is 3. The molecule has 0 fully saturated rings. The molecule has 4 nitrogen and oxygen atoms in total. The van der Waals surface area contributed by atoms with E-state index >= 15 is 0 Å². The highest BCUT2D eigenvalue weighted by molar-refractivity contribution is 9.10. The van der Waals surface area contributed by atoms with E-state index in [1.54, 1.807) is 18.3 Å². The van der Waals surface area contributed by atoms with Crippen LogP contribution in [0.2, 0.25) is 0 Å². The molecule has 0 bridgehead atoms. The average molecular weight is 311 g/mol. The predicted molar refractivity (Wildman–Crippen MR) is 73.6 cm³/mol. The van der Waals surface area contributed by atoms with E-state index < -0.39 is 0 Å². The lowest BCUT2D eigenvalue weighted by Crippen LogP contribution is -2.03. The van der Waals surface area contributed by atoms with Crippen LogP contribution in [0, 0.1) is 5.82 Å². The second kappa shape index (κ2) is 5.77. The number of nitrogens with zero attached hydrogens (tertiary/aromatic N) is 2. The Labute approximate surface area is 113 Å². The van der Waals surface area contributed by atoms with Crippen LogP contribution in [0.25, 0.3) is 0 Å². The molecule has 0 radical (unpaired) electrons. The number of halogens is 2. The number of rotatable bonds is 4.